The maximum absolute atomic E-state index is 11.9. The number of aliphatic carboxylic acids is 1. The summed E-state index contributed by atoms with van der Waals surface area (Å²) in [6.45, 7) is -0.520. The summed E-state index contributed by atoms with van der Waals surface area (Å²) in [6, 6.07) is 9.61. The van der Waals surface area contributed by atoms with Gasteiger partial charge in [0.2, 0.25) is 0 Å². The fourth-order valence-corrected chi connectivity index (χ4v) is 2.03. The van der Waals surface area contributed by atoms with E-state index in [1.165, 1.54) is 42.5 Å². The molecule has 2 aromatic rings. The van der Waals surface area contributed by atoms with Gasteiger partial charge in [-0.2, -0.15) is 0 Å². The number of ether oxygens (including phenoxy) is 1. The smallest absolute Gasteiger partial charge is 0.310 e. The Morgan fingerprint density at radius 2 is 1.92 bits per heavy atom. The predicted octanol–water partition coefficient (Wildman–Crippen LogP) is 1.94. The zero-order valence-corrected chi connectivity index (χ0v) is 12.8. The van der Waals surface area contributed by atoms with E-state index in [4.69, 9.17) is 9.84 Å². The molecule has 1 amide bonds. The quantitative estimate of drug-likeness (QED) is 0.395. The number of rotatable bonds is 7. The van der Waals surface area contributed by atoms with Crippen LogP contribution in [0.3, 0.4) is 0 Å². The molecule has 0 fully saturated rings. The molecule has 130 valence electrons. The van der Waals surface area contributed by atoms with Crippen LogP contribution in [0, 0.1) is 10.1 Å². The van der Waals surface area contributed by atoms with Gasteiger partial charge in [0.15, 0.2) is 12.4 Å². The summed E-state index contributed by atoms with van der Waals surface area (Å²) in [5.41, 5.74) is 0.136. The molecule has 0 bridgehead atoms. The molecule has 3 N–H and O–H groups in total. The van der Waals surface area contributed by atoms with Crippen LogP contribution < -0.4 is 10.1 Å². The van der Waals surface area contributed by atoms with Crippen molar-refractivity contribution in [2.75, 3.05) is 11.9 Å². The number of nitrogens with zero attached hydrogens (tertiary/aromatic N) is 1. The van der Waals surface area contributed by atoms with Gasteiger partial charge in [-0.25, -0.2) is 0 Å². The summed E-state index contributed by atoms with van der Waals surface area (Å²) in [5.74, 6) is -2.02. The molecule has 0 aromatic heterocycles. The fraction of sp³-hybridized carbons (Fsp3) is 0.125. The average Bonchev–Trinajstić information content (AvgIpc) is 2.55. The minimum absolute atomic E-state index is 0.0231. The van der Waals surface area contributed by atoms with Crippen LogP contribution >= 0.6 is 0 Å². The Morgan fingerprint density at radius 1 is 1.20 bits per heavy atom. The molecule has 2 aromatic carbocycles. The van der Waals surface area contributed by atoms with Gasteiger partial charge in [0, 0.05) is 6.07 Å². The molecule has 0 atom stereocenters. The van der Waals surface area contributed by atoms with Gasteiger partial charge in [0.25, 0.3) is 5.91 Å². The number of nitro benzene ring substituents is 1. The van der Waals surface area contributed by atoms with E-state index in [0.717, 1.165) is 0 Å². The van der Waals surface area contributed by atoms with Crippen molar-refractivity contribution in [3.8, 4) is 11.5 Å². The van der Waals surface area contributed by atoms with E-state index in [-0.39, 0.29) is 29.3 Å². The number of nitrogens with one attached hydrogen (secondary N) is 1. The number of hydrogen-bond donors (Lipinski definition) is 3. The monoisotopic (exact) mass is 346 g/mol. The first-order chi connectivity index (χ1) is 11.9. The third-order valence-corrected chi connectivity index (χ3v) is 3.11. The zero-order chi connectivity index (χ0) is 18.4. The summed E-state index contributed by atoms with van der Waals surface area (Å²) >= 11 is 0. The van der Waals surface area contributed by atoms with E-state index in [1.54, 1.807) is 0 Å². The van der Waals surface area contributed by atoms with E-state index in [1.807, 2.05) is 0 Å². The number of carbonyl (C=O) groups is 2. The molecule has 25 heavy (non-hydrogen) atoms. The van der Waals surface area contributed by atoms with Crippen LogP contribution in [0.4, 0.5) is 11.4 Å². The van der Waals surface area contributed by atoms with Gasteiger partial charge in [0.05, 0.1) is 17.0 Å². The Hall–Kier alpha value is -3.62. The lowest BCUT2D eigenvalue weighted by molar-refractivity contribution is -0.385. The van der Waals surface area contributed by atoms with Crippen LogP contribution in [0.5, 0.6) is 11.5 Å². The SMILES string of the molecule is O=C(O)Cc1ccc(O)c(NC(=O)COc2ccccc2[N+](=O)[O-])c1. The molecular formula is C16H14N2O7. The molecule has 0 aliphatic carbocycles. The highest BCUT2D eigenvalue weighted by molar-refractivity contribution is 5.93. The second kappa shape index (κ2) is 7.77. The number of benzene rings is 2. The van der Waals surface area contributed by atoms with Gasteiger partial charge in [-0.05, 0) is 23.8 Å². The Kier molecular flexibility index (Phi) is 5.51. The number of phenols is 1. The van der Waals surface area contributed by atoms with Crippen molar-refractivity contribution in [1.82, 2.24) is 0 Å². The zero-order valence-electron chi connectivity index (χ0n) is 12.8. The molecule has 0 unspecified atom stereocenters. The third-order valence-electron chi connectivity index (χ3n) is 3.11. The Morgan fingerprint density at radius 3 is 2.60 bits per heavy atom. The number of hydrogen-bond acceptors (Lipinski definition) is 6. The van der Waals surface area contributed by atoms with Crippen molar-refractivity contribution in [1.29, 1.82) is 0 Å². The van der Waals surface area contributed by atoms with E-state index >= 15 is 0 Å². The average molecular weight is 346 g/mol. The molecule has 0 saturated heterocycles. The predicted molar refractivity (Wildman–Crippen MR) is 86.7 cm³/mol. The maximum atomic E-state index is 11.9. The highest BCUT2D eigenvalue weighted by atomic mass is 16.6. The topological polar surface area (TPSA) is 139 Å². The van der Waals surface area contributed by atoms with Crippen LogP contribution in [0.2, 0.25) is 0 Å². The van der Waals surface area contributed by atoms with E-state index < -0.39 is 23.4 Å². The van der Waals surface area contributed by atoms with Crippen LogP contribution in [0.25, 0.3) is 0 Å². The van der Waals surface area contributed by atoms with Crippen molar-refractivity contribution in [3.05, 3.63) is 58.1 Å². The number of carboxylic acid groups (broad SMARTS) is 1. The number of carbonyl (C=O) groups excluding carboxylic acids is 1. The highest BCUT2D eigenvalue weighted by Crippen LogP contribution is 2.27. The third kappa shape index (κ3) is 4.93. The Bertz CT molecular complexity index is 820. The molecule has 9 nitrogen and oxygen atoms in total. The Balaban J connectivity index is 2.03. The van der Waals surface area contributed by atoms with E-state index in [0.29, 0.717) is 5.56 Å². The molecule has 0 aliphatic rings. The van der Waals surface area contributed by atoms with Crippen molar-refractivity contribution in [2.45, 2.75) is 6.42 Å². The molecule has 0 saturated carbocycles. The molecule has 0 spiro atoms. The normalized spacial score (nSPS) is 10.1. The van der Waals surface area contributed by atoms with Crippen LogP contribution in [0.15, 0.2) is 42.5 Å². The standard InChI is InChI=1S/C16H14N2O7/c19-13-6-5-10(8-16(21)22)7-11(13)17-15(20)9-25-14-4-2-1-3-12(14)18(23)24/h1-7,19H,8-9H2,(H,17,20)(H,21,22). The second-order valence-electron chi connectivity index (χ2n) is 4.98. The van der Waals surface area contributed by atoms with Crippen molar-refractivity contribution >= 4 is 23.3 Å². The van der Waals surface area contributed by atoms with E-state index in [2.05, 4.69) is 5.32 Å². The number of amides is 1. The number of aromatic hydroxyl groups is 1. The lowest BCUT2D eigenvalue weighted by Gasteiger charge is -2.10. The summed E-state index contributed by atoms with van der Waals surface area (Å²) in [7, 11) is 0. The largest absolute Gasteiger partial charge is 0.506 e. The van der Waals surface area contributed by atoms with Crippen molar-refractivity contribution in [3.63, 3.8) is 0 Å². The summed E-state index contributed by atoms with van der Waals surface area (Å²) < 4.78 is 5.14. The summed E-state index contributed by atoms with van der Waals surface area (Å²) in [4.78, 5) is 32.9. The number of phenolic OH excluding ortho intramolecular Hbond substituents is 1. The first-order valence-electron chi connectivity index (χ1n) is 7.06. The van der Waals surface area contributed by atoms with Gasteiger partial charge in [-0.3, -0.25) is 19.7 Å². The Labute approximate surface area is 141 Å². The van der Waals surface area contributed by atoms with Crippen LogP contribution in [-0.4, -0.2) is 33.6 Å². The molecular weight excluding hydrogens is 332 g/mol. The van der Waals surface area contributed by atoms with Gasteiger partial charge in [-0.15, -0.1) is 0 Å². The fourth-order valence-electron chi connectivity index (χ4n) is 2.03. The maximum Gasteiger partial charge on any atom is 0.310 e. The van der Waals surface area contributed by atoms with Crippen LogP contribution in [0.1, 0.15) is 5.56 Å². The lowest BCUT2D eigenvalue weighted by atomic mass is 10.1. The van der Waals surface area contributed by atoms with Gasteiger partial charge < -0.3 is 20.3 Å². The van der Waals surface area contributed by atoms with Crippen molar-refractivity contribution < 1.29 is 29.5 Å². The minimum atomic E-state index is -1.05. The highest BCUT2D eigenvalue weighted by Gasteiger charge is 2.15. The number of para-hydroxylation sites is 2. The molecule has 0 heterocycles. The summed E-state index contributed by atoms with van der Waals surface area (Å²) in [5, 5.41) is 31.7. The number of carboxylic acids is 1. The number of anilines is 1. The lowest BCUT2D eigenvalue weighted by Crippen LogP contribution is -2.20. The molecule has 0 radical (unpaired) electrons. The first kappa shape index (κ1) is 17.7. The van der Waals surface area contributed by atoms with Crippen LogP contribution in [-0.2, 0) is 16.0 Å². The summed E-state index contributed by atoms with van der Waals surface area (Å²) in [6.07, 6.45) is -0.268. The second-order valence-corrected chi connectivity index (χ2v) is 4.98. The van der Waals surface area contributed by atoms with Gasteiger partial charge in [0.1, 0.15) is 5.75 Å². The molecule has 0 aliphatic heterocycles. The first-order valence-corrected chi connectivity index (χ1v) is 7.06. The van der Waals surface area contributed by atoms with Crippen molar-refractivity contribution in [2.24, 2.45) is 0 Å². The molecule has 9 heteroatoms. The molecule has 2 rings (SSSR count). The van der Waals surface area contributed by atoms with E-state index in [9.17, 15) is 24.8 Å². The van der Waals surface area contributed by atoms with Gasteiger partial charge in [-0.1, -0.05) is 18.2 Å². The van der Waals surface area contributed by atoms with Gasteiger partial charge >= 0.3 is 11.7 Å². The minimum Gasteiger partial charge on any atom is -0.506 e. The number of nitro groups is 1.